The molecule has 1 N–H and O–H groups in total. The zero-order chi connectivity index (χ0) is 10.7. The first kappa shape index (κ1) is 10.6. The summed E-state index contributed by atoms with van der Waals surface area (Å²) in [4.78, 5) is 4.38. The molecule has 80 valence electrons. The maximum Gasteiger partial charge on any atom is 0.203 e. The quantitative estimate of drug-likeness (QED) is 0.889. The Hall–Kier alpha value is -0.940. The van der Waals surface area contributed by atoms with Crippen molar-refractivity contribution in [1.29, 1.82) is 0 Å². The van der Waals surface area contributed by atoms with Gasteiger partial charge in [-0.3, -0.25) is 0 Å². The van der Waals surface area contributed by atoms with E-state index in [1.807, 2.05) is 0 Å². The van der Waals surface area contributed by atoms with E-state index >= 15 is 0 Å². The van der Waals surface area contributed by atoms with Gasteiger partial charge in [0.05, 0.1) is 6.04 Å². The Bertz CT molecular complexity index is 408. The van der Waals surface area contributed by atoms with Gasteiger partial charge in [-0.2, -0.15) is 15.7 Å². The summed E-state index contributed by atoms with van der Waals surface area (Å²) < 4.78 is 4.24. The number of nitrogens with one attached hydrogen (secondary N) is 1. The predicted molar refractivity (Wildman–Crippen MR) is 65.6 cm³/mol. The van der Waals surface area contributed by atoms with Crippen LogP contribution in [0.5, 0.6) is 0 Å². The molecule has 0 amide bonds. The first-order valence-electron chi connectivity index (χ1n) is 4.90. The number of rotatable bonds is 4. The summed E-state index contributed by atoms with van der Waals surface area (Å²) in [6.07, 6.45) is 0.894. The summed E-state index contributed by atoms with van der Waals surface area (Å²) in [6, 6.07) is 2.43. The summed E-state index contributed by atoms with van der Waals surface area (Å²) in [5, 5.41) is 8.50. The van der Waals surface area contributed by atoms with Gasteiger partial charge in [-0.1, -0.05) is 6.92 Å². The summed E-state index contributed by atoms with van der Waals surface area (Å²) >= 11 is 3.15. The molecule has 2 rings (SSSR count). The van der Waals surface area contributed by atoms with Crippen LogP contribution in [0.15, 0.2) is 16.8 Å². The molecule has 0 spiro atoms. The third-order valence-electron chi connectivity index (χ3n) is 2.17. The van der Waals surface area contributed by atoms with Crippen LogP contribution in [0.1, 0.15) is 31.3 Å². The van der Waals surface area contributed by atoms with Crippen LogP contribution in [0.4, 0.5) is 5.13 Å². The Labute approximate surface area is 97.4 Å². The third-order valence-corrected chi connectivity index (χ3v) is 3.55. The van der Waals surface area contributed by atoms with Gasteiger partial charge in [-0.15, -0.1) is 0 Å². The maximum absolute atomic E-state index is 4.38. The molecule has 5 heteroatoms. The molecule has 0 bridgehead atoms. The summed E-state index contributed by atoms with van der Waals surface area (Å²) in [5.41, 5.74) is 1.30. The van der Waals surface area contributed by atoms with Crippen LogP contribution in [-0.2, 0) is 6.42 Å². The van der Waals surface area contributed by atoms with E-state index in [4.69, 9.17) is 0 Å². The Morgan fingerprint density at radius 2 is 2.40 bits per heavy atom. The molecule has 2 aromatic rings. The molecule has 2 aromatic heterocycles. The highest BCUT2D eigenvalue weighted by Gasteiger charge is 2.08. The van der Waals surface area contributed by atoms with Crippen LogP contribution in [-0.4, -0.2) is 9.36 Å². The van der Waals surface area contributed by atoms with Crippen molar-refractivity contribution >= 4 is 28.0 Å². The van der Waals surface area contributed by atoms with Crippen molar-refractivity contribution in [2.45, 2.75) is 26.3 Å². The normalized spacial score (nSPS) is 12.7. The average Bonchev–Trinajstić information content (AvgIpc) is 2.87. The number of anilines is 1. The van der Waals surface area contributed by atoms with E-state index in [2.05, 4.69) is 45.3 Å². The predicted octanol–water partition coefficient (Wildman–Crippen LogP) is 3.34. The van der Waals surface area contributed by atoms with Gasteiger partial charge in [0.2, 0.25) is 5.13 Å². The average molecular weight is 239 g/mol. The molecule has 0 aromatic carbocycles. The van der Waals surface area contributed by atoms with Crippen LogP contribution in [0, 0.1) is 0 Å². The third kappa shape index (κ3) is 2.54. The highest BCUT2D eigenvalue weighted by atomic mass is 32.1. The van der Waals surface area contributed by atoms with Gasteiger partial charge in [0.15, 0.2) is 0 Å². The first-order valence-corrected chi connectivity index (χ1v) is 6.62. The molecule has 0 saturated carbocycles. The largest absolute Gasteiger partial charge is 0.354 e. The topological polar surface area (TPSA) is 37.8 Å². The second-order valence-electron chi connectivity index (χ2n) is 3.29. The first-order chi connectivity index (χ1) is 7.29. The van der Waals surface area contributed by atoms with Crippen molar-refractivity contribution in [3.05, 3.63) is 28.2 Å². The van der Waals surface area contributed by atoms with Crippen molar-refractivity contribution in [2.24, 2.45) is 0 Å². The molecular formula is C10H13N3S2. The number of aryl methyl sites for hydroxylation is 1. The van der Waals surface area contributed by atoms with Gasteiger partial charge in [-0.05, 0) is 29.3 Å². The van der Waals surface area contributed by atoms with Gasteiger partial charge in [0.1, 0.15) is 5.82 Å². The second kappa shape index (κ2) is 4.72. The van der Waals surface area contributed by atoms with Crippen molar-refractivity contribution in [3.8, 4) is 0 Å². The molecular weight excluding hydrogens is 226 g/mol. The van der Waals surface area contributed by atoms with Crippen LogP contribution >= 0.6 is 22.9 Å². The fraction of sp³-hybridized carbons (Fsp3) is 0.400. The molecule has 0 saturated heterocycles. The minimum Gasteiger partial charge on any atom is -0.354 e. The van der Waals surface area contributed by atoms with Gasteiger partial charge in [-0.25, -0.2) is 4.98 Å². The number of hydrogen-bond acceptors (Lipinski definition) is 5. The molecule has 0 fully saturated rings. The summed E-state index contributed by atoms with van der Waals surface area (Å²) in [5.74, 6) is 0.917. The molecule has 1 atom stereocenters. The molecule has 0 aliphatic rings. The minimum absolute atomic E-state index is 0.300. The minimum atomic E-state index is 0.300. The highest BCUT2D eigenvalue weighted by Crippen LogP contribution is 2.22. The molecule has 1 unspecified atom stereocenters. The van der Waals surface area contributed by atoms with E-state index in [1.165, 1.54) is 17.1 Å². The zero-order valence-electron chi connectivity index (χ0n) is 8.73. The fourth-order valence-corrected chi connectivity index (χ4v) is 2.74. The summed E-state index contributed by atoms with van der Waals surface area (Å²) in [7, 11) is 0. The van der Waals surface area contributed by atoms with E-state index in [-0.39, 0.29) is 0 Å². The Balaban J connectivity index is 2.02. The van der Waals surface area contributed by atoms with E-state index in [0.717, 1.165) is 17.4 Å². The van der Waals surface area contributed by atoms with Crippen LogP contribution < -0.4 is 5.32 Å². The molecule has 15 heavy (non-hydrogen) atoms. The van der Waals surface area contributed by atoms with Crippen molar-refractivity contribution in [2.75, 3.05) is 5.32 Å². The van der Waals surface area contributed by atoms with Crippen LogP contribution in [0.3, 0.4) is 0 Å². The highest BCUT2D eigenvalue weighted by molar-refractivity contribution is 7.09. The maximum atomic E-state index is 4.38. The number of nitrogens with zero attached hydrogens (tertiary/aromatic N) is 2. The second-order valence-corrected chi connectivity index (χ2v) is 4.82. The lowest BCUT2D eigenvalue weighted by Gasteiger charge is -2.09. The zero-order valence-corrected chi connectivity index (χ0v) is 10.4. The fourth-order valence-electron chi connectivity index (χ4n) is 1.25. The number of hydrogen-bond donors (Lipinski definition) is 1. The van der Waals surface area contributed by atoms with Gasteiger partial charge in [0, 0.05) is 18.0 Å². The SMILES string of the molecule is CCc1nsc(NC(C)c2ccsc2)n1. The lowest BCUT2D eigenvalue weighted by molar-refractivity contribution is 0.881. The smallest absolute Gasteiger partial charge is 0.203 e. The van der Waals surface area contributed by atoms with Gasteiger partial charge in [0.25, 0.3) is 0 Å². The number of thiophene rings is 1. The van der Waals surface area contributed by atoms with Crippen molar-refractivity contribution in [3.63, 3.8) is 0 Å². The Morgan fingerprint density at radius 1 is 1.53 bits per heavy atom. The van der Waals surface area contributed by atoms with Crippen molar-refractivity contribution in [1.82, 2.24) is 9.36 Å². The number of aromatic nitrogens is 2. The van der Waals surface area contributed by atoms with E-state index in [1.54, 1.807) is 11.3 Å². The molecule has 3 nitrogen and oxygen atoms in total. The van der Waals surface area contributed by atoms with E-state index in [9.17, 15) is 0 Å². The lowest BCUT2D eigenvalue weighted by atomic mass is 10.2. The molecule has 0 aliphatic carbocycles. The molecule has 0 radical (unpaired) electrons. The molecule has 0 aliphatic heterocycles. The van der Waals surface area contributed by atoms with E-state index < -0.39 is 0 Å². The van der Waals surface area contributed by atoms with Crippen molar-refractivity contribution < 1.29 is 0 Å². The summed E-state index contributed by atoms with van der Waals surface area (Å²) in [6.45, 7) is 4.20. The lowest BCUT2D eigenvalue weighted by Crippen LogP contribution is -2.05. The van der Waals surface area contributed by atoms with E-state index in [0.29, 0.717) is 6.04 Å². The van der Waals surface area contributed by atoms with Crippen LogP contribution in [0.2, 0.25) is 0 Å². The Kier molecular flexibility index (Phi) is 3.33. The van der Waals surface area contributed by atoms with Gasteiger partial charge < -0.3 is 5.32 Å². The monoisotopic (exact) mass is 239 g/mol. The van der Waals surface area contributed by atoms with Crippen LogP contribution in [0.25, 0.3) is 0 Å². The molecule has 2 heterocycles. The standard InChI is InChI=1S/C10H13N3S2/c1-3-9-12-10(15-13-9)11-7(2)8-4-5-14-6-8/h4-7H,3H2,1-2H3,(H,11,12,13). The van der Waals surface area contributed by atoms with Gasteiger partial charge >= 0.3 is 0 Å². The Morgan fingerprint density at radius 3 is 3.00 bits per heavy atom.